The molecular weight excluding hydrogens is 307 g/mol. The highest BCUT2D eigenvalue weighted by Gasteiger charge is 2.35. The van der Waals surface area contributed by atoms with E-state index in [1.54, 1.807) is 12.3 Å². The second-order valence-corrected chi connectivity index (χ2v) is 5.83. The number of nitrogen functional groups attached to an aromatic ring is 1. The minimum Gasteiger partial charge on any atom is -0.382 e. The van der Waals surface area contributed by atoms with Gasteiger partial charge in [-0.25, -0.2) is 0 Å². The Morgan fingerprint density at radius 2 is 2.00 bits per heavy atom. The van der Waals surface area contributed by atoms with Crippen LogP contribution in [0.15, 0.2) is 18.3 Å². The number of anilines is 1. The minimum absolute atomic E-state index is 0.115. The predicted molar refractivity (Wildman–Crippen MR) is 75.9 cm³/mol. The molecule has 1 aliphatic rings. The molecule has 0 bridgehead atoms. The Balaban J connectivity index is 2.18. The van der Waals surface area contributed by atoms with Crippen LogP contribution in [0.4, 0.5) is 5.82 Å². The molecule has 2 aromatic rings. The number of rotatable bonds is 1. The molecule has 4 nitrogen and oxygen atoms in total. The van der Waals surface area contributed by atoms with Crippen molar-refractivity contribution >= 4 is 40.6 Å². The smallest absolute Gasteiger partial charge is 0.153 e. The Kier molecular flexibility index (Phi) is 3.25. The van der Waals surface area contributed by atoms with Gasteiger partial charge in [-0.15, -0.1) is 21.8 Å². The molecular formula is C12H9Cl3N4. The maximum Gasteiger partial charge on any atom is 0.153 e. The molecule has 7 heteroatoms. The van der Waals surface area contributed by atoms with Gasteiger partial charge in [0.2, 0.25) is 0 Å². The van der Waals surface area contributed by atoms with Crippen molar-refractivity contribution in [2.75, 3.05) is 5.73 Å². The van der Waals surface area contributed by atoms with Gasteiger partial charge in [-0.2, -0.15) is 0 Å². The third kappa shape index (κ3) is 2.14. The summed E-state index contributed by atoms with van der Waals surface area (Å²) in [4.78, 5) is 0. The molecule has 2 atom stereocenters. The Morgan fingerprint density at radius 1 is 1.21 bits per heavy atom. The third-order valence-electron chi connectivity index (χ3n) is 3.32. The van der Waals surface area contributed by atoms with E-state index in [9.17, 15) is 0 Å². The lowest BCUT2D eigenvalue weighted by Gasteiger charge is -2.16. The van der Waals surface area contributed by atoms with Gasteiger partial charge in [0.1, 0.15) is 0 Å². The molecule has 0 amide bonds. The van der Waals surface area contributed by atoms with Gasteiger partial charge in [-0.1, -0.05) is 23.2 Å². The van der Waals surface area contributed by atoms with Gasteiger partial charge >= 0.3 is 0 Å². The topological polar surface area (TPSA) is 64.7 Å². The number of nitrogens with zero attached hydrogens (tertiary/aromatic N) is 3. The van der Waals surface area contributed by atoms with Crippen LogP contribution in [0.2, 0.25) is 10.0 Å². The number of hydrogen-bond donors (Lipinski definition) is 1. The summed E-state index contributed by atoms with van der Waals surface area (Å²) in [5.74, 6) is 0.213. The summed E-state index contributed by atoms with van der Waals surface area (Å²) in [5, 5.41) is 12.1. The molecule has 2 unspecified atom stereocenters. The molecule has 2 N–H and O–H groups in total. The second-order valence-electron chi connectivity index (χ2n) is 4.43. The first-order valence-corrected chi connectivity index (χ1v) is 6.82. The molecule has 98 valence electrons. The lowest BCUT2D eigenvalue weighted by molar-refractivity contribution is 0.763. The summed E-state index contributed by atoms with van der Waals surface area (Å²) in [6, 6.07) is 3.59. The van der Waals surface area contributed by atoms with Crippen LogP contribution in [0.3, 0.4) is 0 Å². The summed E-state index contributed by atoms with van der Waals surface area (Å²) in [5.41, 5.74) is 8.61. The highest BCUT2D eigenvalue weighted by molar-refractivity contribution is 6.35. The highest BCUT2D eigenvalue weighted by atomic mass is 35.5. The number of alkyl halides is 1. The first-order chi connectivity index (χ1) is 9.08. The first-order valence-electron chi connectivity index (χ1n) is 5.63. The monoisotopic (exact) mass is 314 g/mol. The van der Waals surface area contributed by atoms with Crippen LogP contribution in [0.25, 0.3) is 0 Å². The number of benzene rings is 1. The van der Waals surface area contributed by atoms with Crippen LogP contribution < -0.4 is 5.73 Å². The van der Waals surface area contributed by atoms with E-state index in [1.165, 1.54) is 0 Å². The van der Waals surface area contributed by atoms with Gasteiger partial charge in [0.15, 0.2) is 5.82 Å². The Hall–Kier alpha value is -1.10. The second kappa shape index (κ2) is 4.78. The molecule has 0 saturated heterocycles. The van der Waals surface area contributed by atoms with Crippen LogP contribution in [0, 0.1) is 0 Å². The van der Waals surface area contributed by atoms with E-state index in [1.807, 2.05) is 6.07 Å². The van der Waals surface area contributed by atoms with Crippen molar-refractivity contribution in [3.8, 4) is 0 Å². The molecule has 0 fully saturated rings. The number of fused-ring (bicyclic) bond motifs is 1. The van der Waals surface area contributed by atoms with Crippen LogP contribution in [0.1, 0.15) is 22.6 Å². The molecule has 0 saturated carbocycles. The average molecular weight is 316 g/mol. The summed E-state index contributed by atoms with van der Waals surface area (Å²) < 4.78 is 0. The minimum atomic E-state index is -0.153. The SMILES string of the molecule is Nc1nnncc1C1c2cc(Cl)cc(Cl)c2CC1Cl. The lowest BCUT2D eigenvalue weighted by Crippen LogP contribution is -2.13. The molecule has 1 aliphatic carbocycles. The van der Waals surface area contributed by atoms with Crippen molar-refractivity contribution in [1.29, 1.82) is 0 Å². The third-order valence-corrected chi connectivity index (χ3v) is 4.28. The maximum atomic E-state index is 6.44. The van der Waals surface area contributed by atoms with Crippen LogP contribution in [-0.2, 0) is 6.42 Å². The molecule has 1 aromatic heterocycles. The molecule has 3 rings (SSSR count). The van der Waals surface area contributed by atoms with Crippen LogP contribution in [-0.4, -0.2) is 20.8 Å². The Bertz CT molecular complexity index is 647. The van der Waals surface area contributed by atoms with E-state index in [4.69, 9.17) is 40.5 Å². The number of nitrogens with two attached hydrogens (primary N) is 1. The van der Waals surface area contributed by atoms with E-state index < -0.39 is 0 Å². The fourth-order valence-electron chi connectivity index (χ4n) is 2.51. The normalized spacial score (nSPS) is 21.4. The fourth-order valence-corrected chi connectivity index (χ4v) is 3.52. The van der Waals surface area contributed by atoms with E-state index in [2.05, 4.69) is 15.4 Å². The van der Waals surface area contributed by atoms with Crippen LogP contribution >= 0.6 is 34.8 Å². The average Bonchev–Trinajstić information content (AvgIpc) is 2.67. The standard InChI is InChI=1S/C12H9Cl3N4/c13-5-1-7-6(9(14)2-5)3-10(15)11(7)8-4-17-19-18-12(8)16/h1-2,4,10-11H,3H2,(H2,16,17,18). The number of hydrogen-bond acceptors (Lipinski definition) is 4. The van der Waals surface area contributed by atoms with Gasteiger partial charge in [-0.05, 0) is 34.9 Å². The zero-order chi connectivity index (χ0) is 13.6. The Labute approximate surface area is 124 Å². The van der Waals surface area contributed by atoms with Crippen molar-refractivity contribution in [3.05, 3.63) is 45.1 Å². The van der Waals surface area contributed by atoms with Crippen molar-refractivity contribution in [3.63, 3.8) is 0 Å². The fraction of sp³-hybridized carbons (Fsp3) is 0.250. The summed E-state index contributed by atoms with van der Waals surface area (Å²) in [6.45, 7) is 0. The van der Waals surface area contributed by atoms with Crippen LogP contribution in [0.5, 0.6) is 0 Å². The van der Waals surface area contributed by atoms with E-state index in [0.717, 1.165) is 16.7 Å². The predicted octanol–water partition coefficient (Wildman–Crippen LogP) is 3.06. The molecule has 0 radical (unpaired) electrons. The summed E-state index contributed by atoms with van der Waals surface area (Å²) in [6.07, 6.45) is 2.26. The van der Waals surface area contributed by atoms with Gasteiger partial charge < -0.3 is 5.73 Å². The van der Waals surface area contributed by atoms with Gasteiger partial charge in [0.05, 0.1) is 6.20 Å². The summed E-state index contributed by atoms with van der Waals surface area (Å²) in [7, 11) is 0. The van der Waals surface area contributed by atoms with Gasteiger partial charge in [-0.3, -0.25) is 0 Å². The molecule has 1 heterocycles. The largest absolute Gasteiger partial charge is 0.382 e. The van der Waals surface area contributed by atoms with Crippen molar-refractivity contribution in [1.82, 2.24) is 15.4 Å². The number of halogens is 3. The first kappa shape index (κ1) is 12.9. The maximum absolute atomic E-state index is 6.44. The molecule has 0 aliphatic heterocycles. The summed E-state index contributed by atoms with van der Waals surface area (Å²) >= 11 is 18.7. The quantitative estimate of drug-likeness (QED) is 0.821. The van der Waals surface area contributed by atoms with E-state index in [0.29, 0.717) is 22.3 Å². The number of aromatic nitrogens is 3. The van der Waals surface area contributed by atoms with E-state index >= 15 is 0 Å². The molecule has 1 aromatic carbocycles. The van der Waals surface area contributed by atoms with E-state index in [-0.39, 0.29) is 11.3 Å². The molecule has 0 spiro atoms. The van der Waals surface area contributed by atoms with Crippen molar-refractivity contribution in [2.45, 2.75) is 17.7 Å². The highest BCUT2D eigenvalue weighted by Crippen LogP contribution is 2.45. The molecule has 19 heavy (non-hydrogen) atoms. The van der Waals surface area contributed by atoms with Gasteiger partial charge in [0.25, 0.3) is 0 Å². The Morgan fingerprint density at radius 3 is 2.74 bits per heavy atom. The van der Waals surface area contributed by atoms with Crippen molar-refractivity contribution < 1.29 is 0 Å². The van der Waals surface area contributed by atoms with Crippen molar-refractivity contribution in [2.24, 2.45) is 0 Å². The zero-order valence-corrected chi connectivity index (χ0v) is 11.9. The zero-order valence-electron chi connectivity index (χ0n) is 9.65. The van der Waals surface area contributed by atoms with Gasteiger partial charge in [0, 0.05) is 26.9 Å². The lowest BCUT2D eigenvalue weighted by atomic mass is 9.94.